The molecule has 0 spiro atoms. The summed E-state index contributed by atoms with van der Waals surface area (Å²) in [6.07, 6.45) is 6.45. The summed E-state index contributed by atoms with van der Waals surface area (Å²) in [5.74, 6) is 6.35. The van der Waals surface area contributed by atoms with Gasteiger partial charge in [0.15, 0.2) is 0 Å². The van der Waals surface area contributed by atoms with E-state index >= 15 is 0 Å². The summed E-state index contributed by atoms with van der Waals surface area (Å²) in [5, 5.41) is 1.60. The Kier molecular flexibility index (Phi) is 6.66. The van der Waals surface area contributed by atoms with E-state index in [0.717, 1.165) is 47.8 Å². The molecule has 0 fully saturated rings. The molecule has 0 N–H and O–H groups in total. The lowest BCUT2D eigenvalue weighted by atomic mass is 10.0. The molecule has 0 bridgehead atoms. The number of unbranched alkanes of at least 4 members (excludes halogenated alkanes) is 2. The molecule has 0 aliphatic carbocycles. The Hall–Kier alpha value is -2.59. The molecule has 3 rings (SSSR count). The first-order valence-electron chi connectivity index (χ1n) is 10.0. The van der Waals surface area contributed by atoms with Gasteiger partial charge in [0.25, 0.3) is 0 Å². The maximum Gasteiger partial charge on any atom is 0.134 e. The summed E-state index contributed by atoms with van der Waals surface area (Å²) in [7, 11) is 0. The van der Waals surface area contributed by atoms with Gasteiger partial charge < -0.3 is 0 Å². The molecule has 138 valence electrons. The highest BCUT2D eigenvalue weighted by Crippen LogP contribution is 2.23. The van der Waals surface area contributed by atoms with Gasteiger partial charge in [-0.2, -0.15) is 0 Å². The van der Waals surface area contributed by atoms with Crippen LogP contribution in [0.2, 0.25) is 0 Å². The average Bonchev–Trinajstić information content (AvgIpc) is 2.71. The topological polar surface area (TPSA) is 0 Å². The maximum absolute atomic E-state index is 14.7. The number of hydrogen-bond acceptors (Lipinski definition) is 0. The predicted octanol–water partition coefficient (Wildman–Crippen LogP) is 7.06. The lowest BCUT2D eigenvalue weighted by Gasteiger charge is -2.06. The Bertz CT molecular complexity index is 955. The Balaban J connectivity index is 1.79. The number of hydrogen-bond donors (Lipinski definition) is 0. The lowest BCUT2D eigenvalue weighted by molar-refractivity contribution is 0.614. The summed E-state index contributed by atoms with van der Waals surface area (Å²) >= 11 is 0. The van der Waals surface area contributed by atoms with Crippen LogP contribution < -0.4 is 0 Å². The number of halogens is 1. The molecule has 0 aliphatic rings. The van der Waals surface area contributed by atoms with Crippen LogP contribution in [0.1, 0.15) is 61.8 Å². The van der Waals surface area contributed by atoms with E-state index in [9.17, 15) is 4.39 Å². The van der Waals surface area contributed by atoms with Crippen LogP contribution in [0.25, 0.3) is 10.8 Å². The Morgan fingerprint density at radius 2 is 1.41 bits per heavy atom. The number of benzene rings is 3. The summed E-state index contributed by atoms with van der Waals surface area (Å²) in [6.45, 7) is 4.34. The minimum absolute atomic E-state index is 0.0804. The molecule has 0 unspecified atom stereocenters. The van der Waals surface area contributed by atoms with E-state index in [-0.39, 0.29) is 5.82 Å². The van der Waals surface area contributed by atoms with E-state index in [0.29, 0.717) is 5.39 Å². The number of rotatable bonds is 6. The van der Waals surface area contributed by atoms with Crippen LogP contribution in [-0.2, 0) is 12.8 Å². The Morgan fingerprint density at radius 3 is 2.15 bits per heavy atom. The van der Waals surface area contributed by atoms with Crippen molar-refractivity contribution < 1.29 is 4.39 Å². The van der Waals surface area contributed by atoms with Gasteiger partial charge in [-0.1, -0.05) is 68.9 Å². The molecule has 0 nitrogen and oxygen atoms in total. The second-order valence-electron chi connectivity index (χ2n) is 7.13. The van der Waals surface area contributed by atoms with Gasteiger partial charge in [0, 0.05) is 16.5 Å². The highest BCUT2D eigenvalue weighted by molar-refractivity contribution is 5.85. The van der Waals surface area contributed by atoms with Crippen molar-refractivity contribution >= 4 is 10.8 Å². The SMILES string of the molecule is CCCCc1ccc(C#Cc2ccc3c(F)c(CCCC)ccc3c2)cc1. The van der Waals surface area contributed by atoms with Crippen molar-refractivity contribution in [1.29, 1.82) is 0 Å². The molecule has 0 aromatic heterocycles. The van der Waals surface area contributed by atoms with Crippen LogP contribution >= 0.6 is 0 Å². The van der Waals surface area contributed by atoms with Crippen LogP contribution in [0.5, 0.6) is 0 Å². The third-order valence-electron chi connectivity index (χ3n) is 4.96. The van der Waals surface area contributed by atoms with Gasteiger partial charge >= 0.3 is 0 Å². The zero-order chi connectivity index (χ0) is 19.1. The molecule has 0 saturated carbocycles. The van der Waals surface area contributed by atoms with Gasteiger partial charge in [-0.3, -0.25) is 0 Å². The van der Waals surface area contributed by atoms with Crippen LogP contribution in [0.15, 0.2) is 54.6 Å². The van der Waals surface area contributed by atoms with Crippen LogP contribution in [-0.4, -0.2) is 0 Å². The fourth-order valence-electron chi connectivity index (χ4n) is 3.26. The number of fused-ring (bicyclic) bond motifs is 1. The smallest absolute Gasteiger partial charge is 0.134 e. The van der Waals surface area contributed by atoms with E-state index in [1.165, 1.54) is 18.4 Å². The minimum Gasteiger partial charge on any atom is -0.206 e. The van der Waals surface area contributed by atoms with Gasteiger partial charge in [0.1, 0.15) is 5.82 Å². The largest absolute Gasteiger partial charge is 0.206 e. The first kappa shape index (κ1) is 19.2. The van der Waals surface area contributed by atoms with Crippen molar-refractivity contribution in [2.45, 2.75) is 52.4 Å². The highest BCUT2D eigenvalue weighted by Gasteiger charge is 2.07. The molecule has 0 heterocycles. The van der Waals surface area contributed by atoms with E-state index in [2.05, 4.69) is 50.0 Å². The second kappa shape index (κ2) is 9.38. The summed E-state index contributed by atoms with van der Waals surface area (Å²) in [6, 6.07) is 18.2. The lowest BCUT2D eigenvalue weighted by Crippen LogP contribution is -1.92. The summed E-state index contributed by atoms with van der Waals surface area (Å²) in [4.78, 5) is 0. The van der Waals surface area contributed by atoms with Crippen LogP contribution in [0.3, 0.4) is 0 Å². The van der Waals surface area contributed by atoms with Crippen molar-refractivity contribution in [3.8, 4) is 11.8 Å². The van der Waals surface area contributed by atoms with Gasteiger partial charge in [-0.15, -0.1) is 0 Å². The third-order valence-corrected chi connectivity index (χ3v) is 4.96. The van der Waals surface area contributed by atoms with Gasteiger partial charge in [-0.25, -0.2) is 4.39 Å². The zero-order valence-corrected chi connectivity index (χ0v) is 16.3. The first-order chi connectivity index (χ1) is 13.2. The maximum atomic E-state index is 14.7. The Morgan fingerprint density at radius 1 is 0.741 bits per heavy atom. The Labute approximate surface area is 162 Å². The van der Waals surface area contributed by atoms with E-state index in [4.69, 9.17) is 0 Å². The molecule has 3 aromatic rings. The first-order valence-corrected chi connectivity index (χ1v) is 10.0. The monoisotopic (exact) mass is 358 g/mol. The number of aryl methyl sites for hydroxylation is 2. The molecule has 1 heteroatoms. The fourth-order valence-corrected chi connectivity index (χ4v) is 3.26. The highest BCUT2D eigenvalue weighted by atomic mass is 19.1. The van der Waals surface area contributed by atoms with Crippen molar-refractivity contribution in [2.24, 2.45) is 0 Å². The minimum atomic E-state index is -0.0804. The van der Waals surface area contributed by atoms with Crippen molar-refractivity contribution in [1.82, 2.24) is 0 Å². The molecule has 27 heavy (non-hydrogen) atoms. The fraction of sp³-hybridized carbons (Fsp3) is 0.308. The molecular formula is C26H27F. The standard InChI is InChI=1S/C26H27F/c1-3-5-7-20-9-11-21(12-10-20)13-14-22-15-18-25-24(19-22)17-16-23(26(25)27)8-6-4-2/h9-12,15-19H,3-8H2,1-2H3. The van der Waals surface area contributed by atoms with Crippen molar-refractivity contribution in [2.75, 3.05) is 0 Å². The van der Waals surface area contributed by atoms with Crippen molar-refractivity contribution in [3.63, 3.8) is 0 Å². The van der Waals surface area contributed by atoms with E-state index in [1.807, 2.05) is 30.3 Å². The zero-order valence-electron chi connectivity index (χ0n) is 16.3. The average molecular weight is 359 g/mol. The molecule has 0 aliphatic heterocycles. The van der Waals surface area contributed by atoms with Crippen molar-refractivity contribution in [3.05, 3.63) is 82.7 Å². The van der Waals surface area contributed by atoms with E-state index in [1.54, 1.807) is 0 Å². The second-order valence-corrected chi connectivity index (χ2v) is 7.13. The summed E-state index contributed by atoms with van der Waals surface area (Å²) < 4.78 is 14.7. The molecule has 3 aromatic carbocycles. The van der Waals surface area contributed by atoms with Crippen LogP contribution in [0.4, 0.5) is 4.39 Å². The van der Waals surface area contributed by atoms with Gasteiger partial charge in [0.2, 0.25) is 0 Å². The van der Waals surface area contributed by atoms with Crippen LogP contribution in [0, 0.1) is 17.7 Å². The molecule has 0 atom stereocenters. The normalized spacial score (nSPS) is 10.6. The molecule has 0 saturated heterocycles. The molecule has 0 amide bonds. The summed E-state index contributed by atoms with van der Waals surface area (Å²) in [5.41, 5.74) is 4.10. The molecular weight excluding hydrogens is 331 g/mol. The predicted molar refractivity (Wildman–Crippen MR) is 114 cm³/mol. The molecule has 0 radical (unpaired) electrons. The third kappa shape index (κ3) is 4.98. The van der Waals surface area contributed by atoms with Gasteiger partial charge in [0.05, 0.1) is 0 Å². The quantitative estimate of drug-likeness (QED) is 0.414. The van der Waals surface area contributed by atoms with Gasteiger partial charge in [-0.05, 0) is 66.5 Å². The van der Waals surface area contributed by atoms with E-state index < -0.39 is 0 Å².